The van der Waals surface area contributed by atoms with Crippen LogP contribution >= 0.6 is 0 Å². The Morgan fingerprint density at radius 3 is 2.31 bits per heavy atom. The third-order valence-corrected chi connectivity index (χ3v) is 2.66. The monoisotopic (exact) mass is 219 g/mol. The van der Waals surface area contributed by atoms with E-state index in [2.05, 4.69) is 38.2 Å². The summed E-state index contributed by atoms with van der Waals surface area (Å²) in [7, 11) is 0. The Balaban J connectivity index is 3.08. The second kappa shape index (κ2) is 4.69. The number of rotatable bonds is 2. The lowest BCUT2D eigenvalue weighted by atomic mass is 9.82. The van der Waals surface area contributed by atoms with Gasteiger partial charge in [-0.25, -0.2) is 0 Å². The number of hydrogen-bond acceptors (Lipinski definition) is 1. The molecule has 1 N–H and O–H groups in total. The number of carbonyl (C=O) groups is 1. The number of nitrogens with one attached hydrogen (secondary N) is 1. The minimum absolute atomic E-state index is 0.0104. The van der Waals surface area contributed by atoms with Gasteiger partial charge in [-0.05, 0) is 23.5 Å². The van der Waals surface area contributed by atoms with Crippen LogP contribution in [0.25, 0.3) is 0 Å². The second-order valence-electron chi connectivity index (χ2n) is 5.26. The van der Waals surface area contributed by atoms with E-state index in [9.17, 15) is 4.79 Å². The van der Waals surface area contributed by atoms with Crippen LogP contribution < -0.4 is 5.32 Å². The lowest BCUT2D eigenvalue weighted by Gasteiger charge is -2.26. The Labute approximate surface area is 98.1 Å². The highest BCUT2D eigenvalue weighted by Crippen LogP contribution is 2.29. The Morgan fingerprint density at radius 1 is 1.25 bits per heavy atom. The molecule has 88 valence electrons. The molecule has 0 aliphatic heterocycles. The van der Waals surface area contributed by atoms with Crippen LogP contribution in [0.3, 0.4) is 0 Å². The van der Waals surface area contributed by atoms with Crippen LogP contribution in [0.4, 0.5) is 0 Å². The molecule has 0 saturated heterocycles. The summed E-state index contributed by atoms with van der Waals surface area (Å²) in [5.41, 5.74) is 2.59. The molecule has 0 spiro atoms. The lowest BCUT2D eigenvalue weighted by molar-refractivity contribution is -0.119. The van der Waals surface area contributed by atoms with Crippen molar-refractivity contribution < 1.29 is 4.79 Å². The first-order valence-corrected chi connectivity index (χ1v) is 5.69. The molecule has 0 saturated carbocycles. The zero-order valence-electron chi connectivity index (χ0n) is 10.8. The van der Waals surface area contributed by atoms with Gasteiger partial charge in [-0.3, -0.25) is 4.79 Å². The fraction of sp³-hybridized carbons (Fsp3) is 0.500. The predicted molar refractivity (Wildman–Crippen MR) is 67.4 cm³/mol. The highest BCUT2D eigenvalue weighted by molar-refractivity contribution is 5.73. The summed E-state index contributed by atoms with van der Waals surface area (Å²) in [5, 5.41) is 2.93. The van der Waals surface area contributed by atoms with Crippen molar-refractivity contribution in [1.82, 2.24) is 5.32 Å². The van der Waals surface area contributed by atoms with Gasteiger partial charge in [-0.1, -0.05) is 45.0 Å². The number of benzene rings is 1. The first-order chi connectivity index (χ1) is 7.32. The largest absolute Gasteiger partial charge is 0.350 e. The molecule has 0 aliphatic carbocycles. The van der Waals surface area contributed by atoms with Gasteiger partial charge in [0.05, 0.1) is 6.04 Å². The third-order valence-electron chi connectivity index (χ3n) is 2.66. The van der Waals surface area contributed by atoms with E-state index in [4.69, 9.17) is 0 Å². The topological polar surface area (TPSA) is 29.1 Å². The molecule has 0 heterocycles. The van der Waals surface area contributed by atoms with Crippen molar-refractivity contribution in [2.24, 2.45) is 0 Å². The average Bonchev–Trinajstić information content (AvgIpc) is 2.15. The van der Waals surface area contributed by atoms with Gasteiger partial charge in [0.1, 0.15) is 0 Å². The van der Waals surface area contributed by atoms with Crippen LogP contribution in [0.5, 0.6) is 0 Å². The Hall–Kier alpha value is -1.31. The minimum Gasteiger partial charge on any atom is -0.350 e. The van der Waals surface area contributed by atoms with Gasteiger partial charge in [0.15, 0.2) is 0 Å². The summed E-state index contributed by atoms with van der Waals surface area (Å²) in [6.45, 7) is 10.1. The van der Waals surface area contributed by atoms with Gasteiger partial charge in [-0.15, -0.1) is 0 Å². The van der Waals surface area contributed by atoms with E-state index in [1.165, 1.54) is 11.1 Å². The molecule has 0 bridgehead atoms. The molecule has 0 fully saturated rings. The van der Waals surface area contributed by atoms with Crippen LogP contribution in [-0.4, -0.2) is 5.91 Å². The number of hydrogen-bond donors (Lipinski definition) is 1. The van der Waals surface area contributed by atoms with Crippen molar-refractivity contribution in [1.29, 1.82) is 0 Å². The zero-order valence-corrected chi connectivity index (χ0v) is 10.8. The van der Waals surface area contributed by atoms with Gasteiger partial charge in [0.25, 0.3) is 0 Å². The van der Waals surface area contributed by atoms with E-state index >= 15 is 0 Å². The summed E-state index contributed by atoms with van der Waals surface area (Å²) < 4.78 is 0. The average molecular weight is 219 g/mol. The molecule has 2 heteroatoms. The van der Waals surface area contributed by atoms with E-state index < -0.39 is 0 Å². The fourth-order valence-electron chi connectivity index (χ4n) is 1.94. The molecule has 1 amide bonds. The molecule has 2 nitrogen and oxygen atoms in total. The van der Waals surface area contributed by atoms with E-state index in [0.29, 0.717) is 0 Å². The van der Waals surface area contributed by atoms with Crippen LogP contribution in [0.15, 0.2) is 24.3 Å². The standard InChI is InChI=1S/C14H21NO/c1-10(15-11(2)16)12-8-6-7-9-13(12)14(3,4)5/h6-10H,1-5H3,(H,15,16). The molecule has 1 aromatic carbocycles. The summed E-state index contributed by atoms with van der Waals surface area (Å²) in [6.07, 6.45) is 0. The van der Waals surface area contributed by atoms with E-state index in [1.54, 1.807) is 6.92 Å². The molecule has 0 radical (unpaired) electrons. The van der Waals surface area contributed by atoms with Gasteiger partial charge in [0.2, 0.25) is 5.91 Å². The molecule has 0 aliphatic rings. The van der Waals surface area contributed by atoms with Crippen molar-refractivity contribution in [3.63, 3.8) is 0 Å². The summed E-state index contributed by atoms with van der Waals surface area (Å²) in [4.78, 5) is 11.1. The molecular weight excluding hydrogens is 198 g/mol. The predicted octanol–water partition coefficient (Wildman–Crippen LogP) is 3.18. The zero-order chi connectivity index (χ0) is 12.3. The van der Waals surface area contributed by atoms with Crippen molar-refractivity contribution in [3.05, 3.63) is 35.4 Å². The van der Waals surface area contributed by atoms with E-state index in [0.717, 1.165) is 0 Å². The normalized spacial score (nSPS) is 13.3. The highest BCUT2D eigenvalue weighted by Gasteiger charge is 2.20. The molecule has 1 aromatic rings. The first kappa shape index (κ1) is 12.8. The summed E-state index contributed by atoms with van der Waals surface area (Å²) in [6, 6.07) is 8.34. The fourth-order valence-corrected chi connectivity index (χ4v) is 1.94. The molecule has 0 aromatic heterocycles. The maximum atomic E-state index is 11.1. The van der Waals surface area contributed by atoms with Crippen LogP contribution in [0, 0.1) is 0 Å². The van der Waals surface area contributed by atoms with Crippen LogP contribution in [-0.2, 0) is 10.2 Å². The number of amides is 1. The molecule has 16 heavy (non-hydrogen) atoms. The molecule has 1 unspecified atom stereocenters. The van der Waals surface area contributed by atoms with Crippen LogP contribution in [0.2, 0.25) is 0 Å². The Bertz CT molecular complexity index is 377. The maximum absolute atomic E-state index is 11.1. The van der Waals surface area contributed by atoms with Gasteiger partial charge >= 0.3 is 0 Å². The van der Waals surface area contributed by atoms with Crippen molar-refractivity contribution in [2.75, 3.05) is 0 Å². The first-order valence-electron chi connectivity index (χ1n) is 5.69. The molecule has 1 rings (SSSR count). The summed E-state index contributed by atoms with van der Waals surface area (Å²) in [5.74, 6) is 0.0104. The van der Waals surface area contributed by atoms with Gasteiger partial charge < -0.3 is 5.32 Å². The molecular formula is C14H21NO. The lowest BCUT2D eigenvalue weighted by Crippen LogP contribution is -2.26. The third kappa shape index (κ3) is 3.09. The van der Waals surface area contributed by atoms with Gasteiger partial charge in [-0.2, -0.15) is 0 Å². The molecule has 1 atom stereocenters. The van der Waals surface area contributed by atoms with Gasteiger partial charge in [0, 0.05) is 6.92 Å². The minimum atomic E-state index is 0.0104. The van der Waals surface area contributed by atoms with Crippen molar-refractivity contribution in [2.45, 2.75) is 46.1 Å². The summed E-state index contributed by atoms with van der Waals surface area (Å²) >= 11 is 0. The SMILES string of the molecule is CC(=O)NC(C)c1ccccc1C(C)(C)C. The maximum Gasteiger partial charge on any atom is 0.217 e. The number of carbonyl (C=O) groups excluding carboxylic acids is 1. The quantitative estimate of drug-likeness (QED) is 0.813. The highest BCUT2D eigenvalue weighted by atomic mass is 16.1. The van der Waals surface area contributed by atoms with Crippen molar-refractivity contribution in [3.8, 4) is 0 Å². The second-order valence-corrected chi connectivity index (χ2v) is 5.26. The van der Waals surface area contributed by atoms with E-state index in [-0.39, 0.29) is 17.4 Å². The smallest absolute Gasteiger partial charge is 0.217 e. The Kier molecular flexibility index (Phi) is 3.74. The van der Waals surface area contributed by atoms with E-state index in [1.807, 2.05) is 19.1 Å². The Morgan fingerprint density at radius 2 is 1.81 bits per heavy atom. The van der Waals surface area contributed by atoms with Crippen LogP contribution in [0.1, 0.15) is 51.8 Å². The van der Waals surface area contributed by atoms with Crippen molar-refractivity contribution >= 4 is 5.91 Å².